The molecule has 0 bridgehead atoms. The molecule has 0 spiro atoms. The predicted molar refractivity (Wildman–Crippen MR) is 90.8 cm³/mol. The SMILES string of the molecule is COCCn1c(SCC(=O)N2CCCCC2)nnc1-c1ccco1. The van der Waals surface area contributed by atoms with E-state index in [2.05, 4.69) is 10.2 Å². The number of hydrogen-bond acceptors (Lipinski definition) is 6. The van der Waals surface area contributed by atoms with Crippen molar-refractivity contribution in [3.05, 3.63) is 18.4 Å². The summed E-state index contributed by atoms with van der Waals surface area (Å²) in [5.74, 6) is 1.86. The van der Waals surface area contributed by atoms with Crippen LogP contribution in [-0.2, 0) is 16.1 Å². The summed E-state index contributed by atoms with van der Waals surface area (Å²) in [5, 5.41) is 9.16. The molecular formula is C16H22N4O3S. The molecule has 0 aromatic carbocycles. The van der Waals surface area contributed by atoms with Crippen molar-refractivity contribution in [3.63, 3.8) is 0 Å². The maximum atomic E-state index is 12.3. The van der Waals surface area contributed by atoms with E-state index in [1.54, 1.807) is 13.4 Å². The summed E-state index contributed by atoms with van der Waals surface area (Å²) in [6, 6.07) is 3.66. The summed E-state index contributed by atoms with van der Waals surface area (Å²) < 4.78 is 12.5. The number of carbonyl (C=O) groups excluding carboxylic acids is 1. The third kappa shape index (κ3) is 3.99. The Labute approximate surface area is 145 Å². The van der Waals surface area contributed by atoms with Crippen molar-refractivity contribution < 1.29 is 13.9 Å². The van der Waals surface area contributed by atoms with Gasteiger partial charge in [0.25, 0.3) is 0 Å². The summed E-state index contributed by atoms with van der Waals surface area (Å²) in [6.07, 6.45) is 5.03. The molecule has 8 heteroatoms. The third-order valence-electron chi connectivity index (χ3n) is 4.01. The van der Waals surface area contributed by atoms with E-state index in [9.17, 15) is 4.79 Å². The first-order valence-electron chi connectivity index (χ1n) is 8.16. The van der Waals surface area contributed by atoms with Crippen molar-refractivity contribution >= 4 is 17.7 Å². The molecule has 1 fully saturated rings. The van der Waals surface area contributed by atoms with Gasteiger partial charge in [0, 0.05) is 20.2 Å². The van der Waals surface area contributed by atoms with Gasteiger partial charge >= 0.3 is 0 Å². The third-order valence-corrected chi connectivity index (χ3v) is 4.96. The van der Waals surface area contributed by atoms with Crippen LogP contribution in [0.25, 0.3) is 11.6 Å². The summed E-state index contributed by atoms with van der Waals surface area (Å²) in [4.78, 5) is 14.3. The van der Waals surface area contributed by atoms with Crippen molar-refractivity contribution in [2.75, 3.05) is 32.6 Å². The van der Waals surface area contributed by atoms with Crippen molar-refractivity contribution in [2.45, 2.75) is 31.0 Å². The van der Waals surface area contributed by atoms with Gasteiger partial charge in [-0.25, -0.2) is 0 Å². The minimum atomic E-state index is 0.167. The minimum absolute atomic E-state index is 0.167. The number of amides is 1. The quantitative estimate of drug-likeness (QED) is 0.713. The number of hydrogen-bond donors (Lipinski definition) is 0. The van der Waals surface area contributed by atoms with Gasteiger partial charge in [0.2, 0.25) is 11.7 Å². The van der Waals surface area contributed by atoms with Gasteiger partial charge in [0.05, 0.1) is 25.2 Å². The van der Waals surface area contributed by atoms with Crippen molar-refractivity contribution in [2.24, 2.45) is 0 Å². The number of nitrogens with zero attached hydrogens (tertiary/aromatic N) is 4. The van der Waals surface area contributed by atoms with Crippen molar-refractivity contribution in [1.29, 1.82) is 0 Å². The molecule has 0 aliphatic carbocycles. The van der Waals surface area contributed by atoms with Crippen molar-refractivity contribution in [3.8, 4) is 11.6 Å². The molecule has 1 amide bonds. The van der Waals surface area contributed by atoms with Crippen LogP contribution in [0.15, 0.2) is 28.0 Å². The number of rotatable bonds is 7. The standard InChI is InChI=1S/C16H22N4O3S/c1-22-11-9-20-15(13-6-5-10-23-13)17-18-16(20)24-12-14(21)19-7-3-2-4-8-19/h5-6,10H,2-4,7-9,11-12H2,1H3. The molecule has 3 heterocycles. The Morgan fingerprint density at radius 1 is 1.33 bits per heavy atom. The monoisotopic (exact) mass is 350 g/mol. The second-order valence-corrected chi connectivity index (χ2v) is 6.60. The van der Waals surface area contributed by atoms with Gasteiger partial charge in [0.1, 0.15) is 0 Å². The molecular weight excluding hydrogens is 328 g/mol. The van der Waals surface area contributed by atoms with Gasteiger partial charge in [-0.1, -0.05) is 11.8 Å². The Morgan fingerprint density at radius 2 is 2.17 bits per heavy atom. The zero-order chi connectivity index (χ0) is 16.8. The Hall–Kier alpha value is -1.80. The lowest BCUT2D eigenvalue weighted by molar-refractivity contribution is -0.129. The van der Waals surface area contributed by atoms with E-state index in [1.165, 1.54) is 18.2 Å². The van der Waals surface area contributed by atoms with Crippen LogP contribution in [-0.4, -0.2) is 58.1 Å². The first-order valence-corrected chi connectivity index (χ1v) is 9.14. The highest BCUT2D eigenvalue weighted by atomic mass is 32.2. The lowest BCUT2D eigenvalue weighted by Gasteiger charge is -2.26. The number of aromatic nitrogens is 3. The molecule has 0 atom stereocenters. The first-order chi connectivity index (χ1) is 11.8. The fourth-order valence-electron chi connectivity index (χ4n) is 2.73. The normalized spacial score (nSPS) is 15.0. The summed E-state index contributed by atoms with van der Waals surface area (Å²) in [7, 11) is 1.66. The van der Waals surface area contributed by atoms with Crippen LogP contribution in [0.4, 0.5) is 0 Å². The Morgan fingerprint density at radius 3 is 2.88 bits per heavy atom. The number of piperidine rings is 1. The molecule has 3 rings (SSSR count). The molecule has 2 aromatic heterocycles. The van der Waals surface area contributed by atoms with Crippen LogP contribution < -0.4 is 0 Å². The summed E-state index contributed by atoms with van der Waals surface area (Å²) in [6.45, 7) is 2.89. The number of ether oxygens (including phenoxy) is 1. The maximum absolute atomic E-state index is 12.3. The van der Waals surface area contributed by atoms with Gasteiger partial charge in [0.15, 0.2) is 10.9 Å². The fraction of sp³-hybridized carbons (Fsp3) is 0.562. The van der Waals surface area contributed by atoms with Gasteiger partial charge in [-0.05, 0) is 31.4 Å². The molecule has 0 radical (unpaired) electrons. The van der Waals surface area contributed by atoms with Crippen molar-refractivity contribution in [1.82, 2.24) is 19.7 Å². The largest absolute Gasteiger partial charge is 0.461 e. The number of furan rings is 1. The molecule has 130 valence electrons. The number of methoxy groups -OCH3 is 1. The zero-order valence-electron chi connectivity index (χ0n) is 13.8. The molecule has 1 aliphatic rings. The number of likely N-dealkylation sites (tertiary alicyclic amines) is 1. The van der Waals surface area contributed by atoms with E-state index in [-0.39, 0.29) is 5.91 Å². The van der Waals surface area contributed by atoms with E-state index in [0.717, 1.165) is 25.9 Å². The number of thioether (sulfide) groups is 1. The molecule has 0 N–H and O–H groups in total. The maximum Gasteiger partial charge on any atom is 0.233 e. The van der Waals surface area contributed by atoms with Crippen LogP contribution in [0.2, 0.25) is 0 Å². The van der Waals surface area contributed by atoms with Crippen LogP contribution in [0, 0.1) is 0 Å². The van der Waals surface area contributed by atoms with Gasteiger partial charge < -0.3 is 14.1 Å². The molecule has 0 unspecified atom stereocenters. The predicted octanol–water partition coefficient (Wildman–Crippen LogP) is 2.29. The highest BCUT2D eigenvalue weighted by molar-refractivity contribution is 7.99. The molecule has 2 aromatic rings. The number of carbonyl (C=O) groups is 1. The van der Waals surface area contributed by atoms with Crippen LogP contribution in [0.1, 0.15) is 19.3 Å². The van der Waals surface area contributed by atoms with E-state index < -0.39 is 0 Å². The van der Waals surface area contributed by atoms with Crippen LogP contribution in [0.5, 0.6) is 0 Å². The minimum Gasteiger partial charge on any atom is -0.461 e. The van der Waals surface area contributed by atoms with Gasteiger partial charge in [-0.15, -0.1) is 10.2 Å². The van der Waals surface area contributed by atoms with E-state index in [4.69, 9.17) is 9.15 Å². The van der Waals surface area contributed by atoms with E-state index in [1.807, 2.05) is 21.6 Å². The van der Waals surface area contributed by atoms with Gasteiger partial charge in [-0.2, -0.15) is 0 Å². The molecule has 0 saturated carbocycles. The molecule has 1 saturated heterocycles. The smallest absolute Gasteiger partial charge is 0.233 e. The molecule has 7 nitrogen and oxygen atoms in total. The highest BCUT2D eigenvalue weighted by Crippen LogP contribution is 2.24. The molecule has 24 heavy (non-hydrogen) atoms. The first kappa shape index (κ1) is 17.0. The van der Waals surface area contributed by atoms with Crippen LogP contribution in [0.3, 0.4) is 0 Å². The fourth-order valence-corrected chi connectivity index (χ4v) is 3.60. The second-order valence-electron chi connectivity index (χ2n) is 5.66. The topological polar surface area (TPSA) is 73.4 Å². The van der Waals surface area contributed by atoms with Gasteiger partial charge in [-0.3, -0.25) is 9.36 Å². The van der Waals surface area contributed by atoms with Crippen LogP contribution >= 0.6 is 11.8 Å². The Kier molecular flexibility index (Phi) is 5.92. The molecule has 1 aliphatic heterocycles. The summed E-state index contributed by atoms with van der Waals surface area (Å²) >= 11 is 1.42. The Bertz CT molecular complexity index is 650. The Balaban J connectivity index is 1.69. The van der Waals surface area contributed by atoms with E-state index >= 15 is 0 Å². The summed E-state index contributed by atoms with van der Waals surface area (Å²) in [5.41, 5.74) is 0. The average Bonchev–Trinajstić information content (AvgIpc) is 3.28. The average molecular weight is 350 g/mol. The highest BCUT2D eigenvalue weighted by Gasteiger charge is 2.20. The lowest BCUT2D eigenvalue weighted by Crippen LogP contribution is -2.36. The van der Waals surface area contributed by atoms with E-state index in [0.29, 0.717) is 35.6 Å². The lowest BCUT2D eigenvalue weighted by atomic mass is 10.1. The second kappa shape index (κ2) is 8.34. The zero-order valence-corrected chi connectivity index (χ0v) is 14.6.